The zero-order valence-corrected chi connectivity index (χ0v) is 11.3. The fourth-order valence-electron chi connectivity index (χ4n) is 2.05. The number of halogens is 3. The molecule has 1 saturated heterocycles. The SMILES string of the molecule is CCO[C@@H]1C(O)N(c2cc(C(F)(F)F)ccn2)C(=O)N1C. The van der Waals surface area contributed by atoms with Crippen LogP contribution in [0.1, 0.15) is 12.5 Å². The molecule has 2 heterocycles. The Morgan fingerprint density at radius 1 is 1.48 bits per heavy atom. The summed E-state index contributed by atoms with van der Waals surface area (Å²) in [5.41, 5.74) is -0.949. The lowest BCUT2D eigenvalue weighted by Gasteiger charge is -2.21. The Labute approximate surface area is 118 Å². The fraction of sp³-hybridized carbons (Fsp3) is 0.500. The number of urea groups is 1. The molecule has 0 saturated carbocycles. The highest BCUT2D eigenvalue weighted by Crippen LogP contribution is 2.33. The zero-order valence-electron chi connectivity index (χ0n) is 11.3. The maximum Gasteiger partial charge on any atom is 0.416 e. The number of carbonyl (C=O) groups excluding carboxylic acids is 1. The third-order valence-corrected chi connectivity index (χ3v) is 3.07. The molecule has 1 fully saturated rings. The summed E-state index contributed by atoms with van der Waals surface area (Å²) >= 11 is 0. The van der Waals surface area contributed by atoms with Gasteiger partial charge in [0.2, 0.25) is 0 Å². The Morgan fingerprint density at radius 3 is 2.71 bits per heavy atom. The summed E-state index contributed by atoms with van der Waals surface area (Å²) in [6, 6.07) is 0.816. The number of alkyl halides is 3. The first kappa shape index (κ1) is 15.5. The van der Waals surface area contributed by atoms with Gasteiger partial charge >= 0.3 is 12.2 Å². The largest absolute Gasteiger partial charge is 0.416 e. The minimum absolute atomic E-state index is 0.239. The highest BCUT2D eigenvalue weighted by Gasteiger charge is 2.45. The molecule has 0 spiro atoms. The van der Waals surface area contributed by atoms with Crippen LogP contribution in [-0.2, 0) is 10.9 Å². The van der Waals surface area contributed by atoms with Crippen LogP contribution in [-0.4, -0.2) is 47.1 Å². The van der Waals surface area contributed by atoms with E-state index in [2.05, 4.69) is 4.98 Å². The quantitative estimate of drug-likeness (QED) is 0.922. The number of aliphatic hydroxyl groups is 1. The average molecular weight is 305 g/mol. The first-order valence-corrected chi connectivity index (χ1v) is 6.16. The van der Waals surface area contributed by atoms with Crippen molar-refractivity contribution in [3.8, 4) is 0 Å². The lowest BCUT2D eigenvalue weighted by atomic mass is 10.2. The number of pyridine rings is 1. The molecule has 0 bridgehead atoms. The maximum atomic E-state index is 12.7. The van der Waals surface area contributed by atoms with Crippen LogP contribution >= 0.6 is 0 Å². The number of anilines is 1. The van der Waals surface area contributed by atoms with Crippen molar-refractivity contribution < 1.29 is 27.8 Å². The van der Waals surface area contributed by atoms with Gasteiger partial charge in [-0.3, -0.25) is 4.90 Å². The molecular weight excluding hydrogens is 291 g/mol. The fourth-order valence-corrected chi connectivity index (χ4v) is 2.05. The van der Waals surface area contributed by atoms with Gasteiger partial charge in [0.15, 0.2) is 12.5 Å². The molecule has 1 unspecified atom stereocenters. The lowest BCUT2D eigenvalue weighted by Crippen LogP contribution is -2.38. The van der Waals surface area contributed by atoms with Gasteiger partial charge in [-0.25, -0.2) is 14.7 Å². The van der Waals surface area contributed by atoms with Gasteiger partial charge in [-0.15, -0.1) is 0 Å². The van der Waals surface area contributed by atoms with Gasteiger partial charge in [0.05, 0.1) is 5.56 Å². The Hall–Kier alpha value is -1.87. The molecule has 2 atom stereocenters. The molecule has 6 nitrogen and oxygen atoms in total. The second-order valence-electron chi connectivity index (χ2n) is 4.42. The molecule has 9 heteroatoms. The van der Waals surface area contributed by atoms with E-state index in [1.807, 2.05) is 0 Å². The molecule has 21 heavy (non-hydrogen) atoms. The molecule has 1 aliphatic heterocycles. The highest BCUT2D eigenvalue weighted by molar-refractivity contribution is 5.93. The van der Waals surface area contributed by atoms with E-state index in [-0.39, 0.29) is 12.4 Å². The molecule has 0 aromatic carbocycles. The summed E-state index contributed by atoms with van der Waals surface area (Å²) in [5, 5.41) is 10.1. The standard InChI is InChI=1S/C12H14F3N3O3/c1-3-21-10-9(19)18(11(20)17(10)2)8-6-7(4-5-16-8)12(13,14)15/h4-6,9-10,19H,3H2,1-2H3/t9?,10-/m1/s1. The molecule has 1 aliphatic rings. The van der Waals surface area contributed by atoms with E-state index in [9.17, 15) is 23.1 Å². The zero-order chi connectivity index (χ0) is 15.8. The van der Waals surface area contributed by atoms with Crippen molar-refractivity contribution in [2.24, 2.45) is 0 Å². The van der Waals surface area contributed by atoms with Crippen LogP contribution in [0.5, 0.6) is 0 Å². The molecule has 1 aromatic rings. The average Bonchev–Trinajstić information content (AvgIpc) is 2.62. The summed E-state index contributed by atoms with van der Waals surface area (Å²) in [4.78, 5) is 17.7. The Morgan fingerprint density at radius 2 is 2.14 bits per heavy atom. The van der Waals surface area contributed by atoms with Gasteiger partial charge in [0, 0.05) is 19.9 Å². The van der Waals surface area contributed by atoms with Crippen LogP contribution in [0.25, 0.3) is 0 Å². The molecule has 1 aromatic heterocycles. The Balaban J connectivity index is 2.36. The topological polar surface area (TPSA) is 65.9 Å². The summed E-state index contributed by atoms with van der Waals surface area (Å²) in [6.07, 6.45) is -6.01. The summed E-state index contributed by atoms with van der Waals surface area (Å²) in [7, 11) is 1.39. The number of carbonyl (C=O) groups is 1. The first-order chi connectivity index (χ1) is 9.77. The van der Waals surface area contributed by atoms with Crippen molar-refractivity contribution in [2.45, 2.75) is 25.6 Å². The molecule has 1 N–H and O–H groups in total. The Kier molecular flexibility index (Phi) is 4.06. The molecular formula is C12H14F3N3O3. The second-order valence-corrected chi connectivity index (χ2v) is 4.42. The third kappa shape index (κ3) is 2.79. The van der Waals surface area contributed by atoms with Gasteiger partial charge < -0.3 is 9.84 Å². The molecule has 0 radical (unpaired) electrons. The number of aliphatic hydroxyl groups excluding tert-OH is 1. The lowest BCUT2D eigenvalue weighted by molar-refractivity contribution is -0.137. The van der Waals surface area contributed by atoms with E-state index in [0.717, 1.165) is 22.1 Å². The number of rotatable bonds is 3. The van der Waals surface area contributed by atoms with Crippen molar-refractivity contribution in [1.29, 1.82) is 0 Å². The van der Waals surface area contributed by atoms with E-state index in [1.54, 1.807) is 6.92 Å². The van der Waals surface area contributed by atoms with Crippen LogP contribution in [0, 0.1) is 0 Å². The number of likely N-dealkylation sites (N-methyl/N-ethyl adjacent to an activating group) is 1. The van der Waals surface area contributed by atoms with Gasteiger partial charge in [-0.1, -0.05) is 0 Å². The molecule has 0 aliphatic carbocycles. The summed E-state index contributed by atoms with van der Waals surface area (Å²) in [6.45, 7) is 1.92. The second kappa shape index (κ2) is 5.49. The van der Waals surface area contributed by atoms with E-state index in [4.69, 9.17) is 4.74 Å². The number of amides is 2. The van der Waals surface area contributed by atoms with Crippen molar-refractivity contribution in [3.63, 3.8) is 0 Å². The van der Waals surface area contributed by atoms with Crippen LogP contribution in [0.2, 0.25) is 0 Å². The highest BCUT2D eigenvalue weighted by atomic mass is 19.4. The first-order valence-electron chi connectivity index (χ1n) is 6.16. The normalized spacial score (nSPS) is 23.0. The smallest absolute Gasteiger partial charge is 0.369 e. The van der Waals surface area contributed by atoms with Crippen molar-refractivity contribution in [1.82, 2.24) is 9.88 Å². The van der Waals surface area contributed by atoms with Crippen LogP contribution in [0.3, 0.4) is 0 Å². The molecule has 2 amide bonds. The number of hydrogen-bond acceptors (Lipinski definition) is 4. The van der Waals surface area contributed by atoms with E-state index < -0.39 is 30.2 Å². The number of hydrogen-bond donors (Lipinski definition) is 1. The van der Waals surface area contributed by atoms with Gasteiger partial charge in [0.1, 0.15) is 5.82 Å². The van der Waals surface area contributed by atoms with E-state index in [1.165, 1.54) is 7.05 Å². The van der Waals surface area contributed by atoms with Gasteiger partial charge in [-0.2, -0.15) is 13.2 Å². The summed E-state index contributed by atoms with van der Waals surface area (Å²) in [5.74, 6) is -0.281. The van der Waals surface area contributed by atoms with E-state index in [0.29, 0.717) is 6.07 Å². The number of ether oxygens (including phenoxy) is 1. The van der Waals surface area contributed by atoms with Crippen LogP contribution in [0.15, 0.2) is 18.3 Å². The number of aromatic nitrogens is 1. The number of nitrogens with zero attached hydrogens (tertiary/aromatic N) is 3. The molecule has 2 rings (SSSR count). The van der Waals surface area contributed by atoms with E-state index >= 15 is 0 Å². The summed E-state index contributed by atoms with van der Waals surface area (Å²) < 4.78 is 43.3. The minimum Gasteiger partial charge on any atom is -0.369 e. The maximum absolute atomic E-state index is 12.7. The van der Waals surface area contributed by atoms with Crippen molar-refractivity contribution >= 4 is 11.8 Å². The van der Waals surface area contributed by atoms with Crippen molar-refractivity contribution in [3.05, 3.63) is 23.9 Å². The van der Waals surface area contributed by atoms with Crippen LogP contribution in [0.4, 0.5) is 23.8 Å². The van der Waals surface area contributed by atoms with Gasteiger partial charge in [-0.05, 0) is 19.1 Å². The third-order valence-electron chi connectivity index (χ3n) is 3.07. The molecule has 116 valence electrons. The predicted octanol–water partition coefficient (Wildman–Crippen LogP) is 1.65. The monoisotopic (exact) mass is 305 g/mol. The van der Waals surface area contributed by atoms with Crippen molar-refractivity contribution in [2.75, 3.05) is 18.6 Å². The predicted molar refractivity (Wildman–Crippen MR) is 66.3 cm³/mol. The minimum atomic E-state index is -4.56. The van der Waals surface area contributed by atoms with Crippen LogP contribution < -0.4 is 4.90 Å². The Bertz CT molecular complexity index is 538. The van der Waals surface area contributed by atoms with Gasteiger partial charge in [0.25, 0.3) is 0 Å².